The highest BCUT2D eigenvalue weighted by molar-refractivity contribution is 6.42. The van der Waals surface area contributed by atoms with Gasteiger partial charge in [0.1, 0.15) is 0 Å². The van der Waals surface area contributed by atoms with Crippen molar-refractivity contribution in [2.45, 2.75) is 40.7 Å². The van der Waals surface area contributed by atoms with Crippen molar-refractivity contribution < 1.29 is 0 Å². The first-order valence-electron chi connectivity index (χ1n) is 6.92. The number of nitrogens with one attached hydrogen (secondary N) is 1. The first-order valence-corrected chi connectivity index (χ1v) is 7.68. The third-order valence-corrected chi connectivity index (χ3v) is 6.04. The summed E-state index contributed by atoms with van der Waals surface area (Å²) in [6.45, 7) is 12.4. The molecule has 1 nitrogen and oxygen atoms in total. The molecule has 2 rings (SSSR count). The number of hydrogen-bond donors (Lipinski definition) is 1. The zero-order valence-corrected chi connectivity index (χ0v) is 13.9. The first kappa shape index (κ1) is 15.2. The van der Waals surface area contributed by atoms with E-state index in [2.05, 4.69) is 46.0 Å². The molecule has 1 atom stereocenters. The van der Waals surface area contributed by atoms with Crippen LogP contribution >= 0.6 is 23.2 Å². The van der Waals surface area contributed by atoms with Gasteiger partial charge in [-0.05, 0) is 34.9 Å². The number of halogens is 2. The minimum atomic E-state index is 0.265. The first-order chi connectivity index (χ1) is 8.75. The molecule has 1 fully saturated rings. The van der Waals surface area contributed by atoms with Crippen molar-refractivity contribution in [3.05, 3.63) is 33.8 Å². The average Bonchev–Trinajstić information content (AvgIpc) is 2.71. The number of hydrogen-bond acceptors (Lipinski definition) is 1. The molecule has 3 heteroatoms. The Morgan fingerprint density at radius 1 is 1.16 bits per heavy atom. The summed E-state index contributed by atoms with van der Waals surface area (Å²) in [5, 5.41) is 4.92. The predicted octanol–water partition coefficient (Wildman–Crippen LogP) is 5.33. The van der Waals surface area contributed by atoms with Gasteiger partial charge >= 0.3 is 0 Å². The van der Waals surface area contributed by atoms with Crippen LogP contribution in [0.15, 0.2) is 18.2 Å². The van der Waals surface area contributed by atoms with Gasteiger partial charge in [0, 0.05) is 6.04 Å². The largest absolute Gasteiger partial charge is 0.310 e. The molecule has 19 heavy (non-hydrogen) atoms. The highest BCUT2D eigenvalue weighted by Gasteiger charge is 2.67. The second-order valence-corrected chi connectivity index (χ2v) is 7.38. The quantitative estimate of drug-likeness (QED) is 0.793. The average molecular weight is 300 g/mol. The fourth-order valence-corrected chi connectivity index (χ4v) is 3.89. The predicted molar refractivity (Wildman–Crippen MR) is 83.9 cm³/mol. The molecule has 0 amide bonds. The topological polar surface area (TPSA) is 12.0 Å². The summed E-state index contributed by atoms with van der Waals surface area (Å²) in [6, 6.07) is 6.18. The summed E-state index contributed by atoms with van der Waals surface area (Å²) in [6.07, 6.45) is 0. The molecule has 1 aromatic carbocycles. The molecule has 0 bridgehead atoms. The van der Waals surface area contributed by atoms with Gasteiger partial charge < -0.3 is 5.32 Å². The molecule has 1 saturated carbocycles. The van der Waals surface area contributed by atoms with E-state index >= 15 is 0 Å². The maximum atomic E-state index is 6.41. The van der Waals surface area contributed by atoms with E-state index in [1.165, 1.54) is 0 Å². The minimum Gasteiger partial charge on any atom is -0.310 e. The van der Waals surface area contributed by atoms with Gasteiger partial charge in [-0.25, -0.2) is 0 Å². The highest BCUT2D eigenvalue weighted by atomic mass is 35.5. The Morgan fingerprint density at radius 3 is 2.21 bits per heavy atom. The summed E-state index contributed by atoms with van der Waals surface area (Å²) >= 11 is 12.6. The maximum absolute atomic E-state index is 6.41. The van der Waals surface area contributed by atoms with Crippen molar-refractivity contribution >= 4 is 23.2 Å². The van der Waals surface area contributed by atoms with Crippen LogP contribution in [0.4, 0.5) is 0 Å². The van der Waals surface area contributed by atoms with E-state index in [4.69, 9.17) is 23.2 Å². The van der Waals surface area contributed by atoms with E-state index in [1.807, 2.05) is 12.1 Å². The Hall–Kier alpha value is -0.240. The molecule has 0 radical (unpaired) electrons. The van der Waals surface area contributed by atoms with Crippen LogP contribution < -0.4 is 5.32 Å². The molecule has 0 saturated heterocycles. The summed E-state index contributed by atoms with van der Waals surface area (Å²) in [4.78, 5) is 0. The van der Waals surface area contributed by atoms with E-state index in [-0.39, 0.29) is 6.04 Å². The van der Waals surface area contributed by atoms with Gasteiger partial charge in [0.2, 0.25) is 0 Å². The molecule has 1 aromatic rings. The molecule has 0 spiro atoms. The van der Waals surface area contributed by atoms with Crippen LogP contribution in [0.25, 0.3) is 0 Å². The van der Waals surface area contributed by atoms with Crippen LogP contribution in [0.2, 0.25) is 10.0 Å². The highest BCUT2D eigenvalue weighted by Crippen LogP contribution is 2.72. The SMILES string of the molecule is CCNC(c1cccc(Cl)c1Cl)C1C(C)(C)C1(C)C. The van der Waals surface area contributed by atoms with Crippen molar-refractivity contribution in [3.8, 4) is 0 Å². The van der Waals surface area contributed by atoms with Crippen LogP contribution in [0.3, 0.4) is 0 Å². The standard InChI is InChI=1S/C16H23Cl2N/c1-6-19-13(14-15(2,3)16(14,4)5)10-8-7-9-11(17)12(10)18/h7-9,13-14,19H,6H2,1-5H3. The Balaban J connectivity index is 2.40. The molecule has 1 aliphatic rings. The van der Waals surface area contributed by atoms with E-state index < -0.39 is 0 Å². The van der Waals surface area contributed by atoms with Gasteiger partial charge in [0.05, 0.1) is 10.0 Å². The van der Waals surface area contributed by atoms with E-state index in [1.54, 1.807) is 0 Å². The molecule has 1 N–H and O–H groups in total. The smallest absolute Gasteiger partial charge is 0.0640 e. The Labute approximate surface area is 126 Å². The fraction of sp³-hybridized carbons (Fsp3) is 0.625. The van der Waals surface area contributed by atoms with Gasteiger partial charge in [0.15, 0.2) is 0 Å². The van der Waals surface area contributed by atoms with Crippen molar-refractivity contribution in [2.24, 2.45) is 16.7 Å². The van der Waals surface area contributed by atoms with Crippen LogP contribution in [-0.4, -0.2) is 6.54 Å². The lowest BCUT2D eigenvalue weighted by molar-refractivity contribution is 0.418. The van der Waals surface area contributed by atoms with Crippen LogP contribution in [0.5, 0.6) is 0 Å². The molecule has 1 aliphatic carbocycles. The van der Waals surface area contributed by atoms with Gasteiger partial charge in [-0.3, -0.25) is 0 Å². The minimum absolute atomic E-state index is 0.265. The third kappa shape index (κ3) is 2.30. The Morgan fingerprint density at radius 2 is 1.74 bits per heavy atom. The van der Waals surface area contributed by atoms with Crippen molar-refractivity contribution in [1.82, 2.24) is 5.32 Å². The van der Waals surface area contributed by atoms with E-state index in [9.17, 15) is 0 Å². The van der Waals surface area contributed by atoms with E-state index in [0.29, 0.717) is 26.8 Å². The summed E-state index contributed by atoms with van der Waals surface area (Å²) in [5.41, 5.74) is 1.75. The molecular weight excluding hydrogens is 277 g/mol. The van der Waals surface area contributed by atoms with Crippen molar-refractivity contribution in [1.29, 1.82) is 0 Å². The van der Waals surface area contributed by atoms with Crippen molar-refractivity contribution in [2.75, 3.05) is 6.54 Å². The van der Waals surface area contributed by atoms with Gasteiger partial charge in [-0.2, -0.15) is 0 Å². The molecule has 1 unspecified atom stereocenters. The van der Waals surface area contributed by atoms with Crippen LogP contribution in [-0.2, 0) is 0 Å². The lowest BCUT2D eigenvalue weighted by Crippen LogP contribution is -2.25. The normalized spacial score (nSPS) is 22.3. The molecule has 0 heterocycles. The molecular formula is C16H23Cl2N. The second-order valence-electron chi connectivity index (χ2n) is 6.60. The van der Waals surface area contributed by atoms with E-state index in [0.717, 1.165) is 12.1 Å². The lowest BCUT2D eigenvalue weighted by atomic mass is 9.96. The van der Waals surface area contributed by atoms with Gasteiger partial charge in [0.25, 0.3) is 0 Å². The zero-order chi connectivity index (χ0) is 14.4. The maximum Gasteiger partial charge on any atom is 0.0640 e. The van der Waals surface area contributed by atoms with Crippen molar-refractivity contribution in [3.63, 3.8) is 0 Å². The number of rotatable bonds is 4. The third-order valence-electron chi connectivity index (χ3n) is 5.21. The van der Waals surface area contributed by atoms with Crippen LogP contribution in [0, 0.1) is 16.7 Å². The summed E-state index contributed by atoms with van der Waals surface area (Å²) < 4.78 is 0. The molecule has 0 aliphatic heterocycles. The number of benzene rings is 1. The zero-order valence-electron chi connectivity index (χ0n) is 12.3. The lowest BCUT2D eigenvalue weighted by Gasteiger charge is -2.22. The van der Waals surface area contributed by atoms with Gasteiger partial charge in [-0.15, -0.1) is 0 Å². The molecule has 106 valence electrons. The summed E-state index contributed by atoms with van der Waals surface area (Å²) in [7, 11) is 0. The Bertz CT molecular complexity index is 466. The van der Waals surface area contributed by atoms with Crippen LogP contribution in [0.1, 0.15) is 46.2 Å². The second kappa shape index (κ2) is 4.95. The Kier molecular flexibility index (Phi) is 3.94. The fourth-order valence-electron chi connectivity index (χ4n) is 3.47. The monoisotopic (exact) mass is 299 g/mol. The molecule has 0 aromatic heterocycles. The van der Waals surface area contributed by atoms with Gasteiger partial charge in [-0.1, -0.05) is 70.0 Å². The summed E-state index contributed by atoms with van der Waals surface area (Å²) in [5.74, 6) is 0.566.